The van der Waals surface area contributed by atoms with E-state index < -0.39 is 24.3 Å². The van der Waals surface area contributed by atoms with E-state index in [0.717, 1.165) is 22.1 Å². The molecule has 0 saturated heterocycles. The van der Waals surface area contributed by atoms with Gasteiger partial charge in [-0.1, -0.05) is 6.07 Å². The Hall–Kier alpha value is -3.26. The Kier molecular flexibility index (Phi) is 6.00. The van der Waals surface area contributed by atoms with Gasteiger partial charge in [-0.25, -0.2) is 14.2 Å². The highest BCUT2D eigenvalue weighted by molar-refractivity contribution is 7.12. The number of aryl methyl sites for hydroxylation is 1. The standard InChI is InChI=1S/C20H18FN3O3S/c1-13-10-15(14(2)24(13)20-22-8-9-28-20)6-7-19(26)27-12-18(25)23-17-5-3-4-16(21)11-17/h3-11H,12H2,1-2H3,(H,23,25)/b7-6+. The van der Waals surface area contributed by atoms with Gasteiger partial charge in [-0.15, -0.1) is 11.3 Å². The smallest absolute Gasteiger partial charge is 0.331 e. The Balaban J connectivity index is 1.57. The summed E-state index contributed by atoms with van der Waals surface area (Å²) in [5.74, 6) is -1.66. The van der Waals surface area contributed by atoms with E-state index in [1.807, 2.05) is 29.9 Å². The van der Waals surface area contributed by atoms with Crippen LogP contribution in [0.1, 0.15) is 17.0 Å². The van der Waals surface area contributed by atoms with E-state index in [9.17, 15) is 14.0 Å². The van der Waals surface area contributed by atoms with Gasteiger partial charge in [0.1, 0.15) is 5.82 Å². The lowest BCUT2D eigenvalue weighted by Crippen LogP contribution is -2.20. The summed E-state index contributed by atoms with van der Waals surface area (Å²) in [5.41, 5.74) is 3.09. The van der Waals surface area contributed by atoms with Crippen LogP contribution in [0.25, 0.3) is 11.2 Å². The maximum absolute atomic E-state index is 13.1. The molecule has 28 heavy (non-hydrogen) atoms. The number of benzene rings is 1. The predicted octanol–water partition coefficient (Wildman–Crippen LogP) is 3.88. The summed E-state index contributed by atoms with van der Waals surface area (Å²) in [6.45, 7) is 3.44. The first-order valence-corrected chi connectivity index (χ1v) is 9.31. The molecular formula is C20H18FN3O3S. The number of hydrogen-bond donors (Lipinski definition) is 1. The Labute approximate surface area is 165 Å². The zero-order chi connectivity index (χ0) is 20.1. The van der Waals surface area contributed by atoms with E-state index in [0.29, 0.717) is 5.69 Å². The highest BCUT2D eigenvalue weighted by Crippen LogP contribution is 2.23. The molecule has 144 valence electrons. The summed E-state index contributed by atoms with van der Waals surface area (Å²) in [4.78, 5) is 28.0. The first kappa shape index (κ1) is 19.5. The van der Waals surface area contributed by atoms with E-state index in [2.05, 4.69) is 10.3 Å². The number of halogens is 1. The minimum absolute atomic E-state index is 0.297. The molecular weight excluding hydrogens is 381 g/mol. The van der Waals surface area contributed by atoms with Crippen molar-refractivity contribution in [3.8, 4) is 5.13 Å². The summed E-state index contributed by atoms with van der Waals surface area (Å²) in [6.07, 6.45) is 4.64. The molecule has 0 bridgehead atoms. The Morgan fingerprint density at radius 2 is 2.14 bits per heavy atom. The third-order valence-electron chi connectivity index (χ3n) is 3.93. The molecule has 0 aliphatic rings. The fourth-order valence-electron chi connectivity index (χ4n) is 2.68. The highest BCUT2D eigenvalue weighted by atomic mass is 32.1. The molecule has 8 heteroatoms. The second kappa shape index (κ2) is 8.62. The maximum Gasteiger partial charge on any atom is 0.331 e. The number of rotatable bonds is 6. The van der Waals surface area contributed by atoms with Crippen LogP contribution in [0.15, 0.2) is 48.0 Å². The Morgan fingerprint density at radius 1 is 1.32 bits per heavy atom. The first-order valence-electron chi connectivity index (χ1n) is 8.43. The molecule has 0 spiro atoms. The molecule has 1 aromatic carbocycles. The molecule has 6 nitrogen and oxygen atoms in total. The molecule has 3 rings (SSSR count). The van der Waals surface area contributed by atoms with E-state index in [1.54, 1.807) is 18.3 Å². The van der Waals surface area contributed by atoms with Gasteiger partial charge in [-0.3, -0.25) is 9.36 Å². The molecule has 0 aliphatic carbocycles. The minimum atomic E-state index is -0.645. The fraction of sp³-hybridized carbons (Fsp3) is 0.150. The van der Waals surface area contributed by atoms with Crippen LogP contribution < -0.4 is 5.32 Å². The lowest BCUT2D eigenvalue weighted by atomic mass is 10.2. The number of nitrogens with zero attached hydrogens (tertiary/aromatic N) is 2. The van der Waals surface area contributed by atoms with Crippen molar-refractivity contribution in [1.29, 1.82) is 0 Å². The Bertz CT molecular complexity index is 1030. The highest BCUT2D eigenvalue weighted by Gasteiger charge is 2.11. The second-order valence-corrected chi connectivity index (χ2v) is 6.85. The van der Waals surface area contributed by atoms with Crippen LogP contribution in [0.4, 0.5) is 10.1 Å². The van der Waals surface area contributed by atoms with Gasteiger partial charge in [0.25, 0.3) is 5.91 Å². The quantitative estimate of drug-likeness (QED) is 0.504. The molecule has 0 fully saturated rings. The molecule has 2 heterocycles. The molecule has 3 aromatic rings. The van der Waals surface area contributed by atoms with Gasteiger partial charge < -0.3 is 10.1 Å². The van der Waals surface area contributed by atoms with Gasteiger partial charge >= 0.3 is 5.97 Å². The van der Waals surface area contributed by atoms with Gasteiger partial charge in [0.2, 0.25) is 0 Å². The van der Waals surface area contributed by atoms with Crippen LogP contribution in [0.3, 0.4) is 0 Å². The zero-order valence-electron chi connectivity index (χ0n) is 15.3. The van der Waals surface area contributed by atoms with E-state index in [-0.39, 0.29) is 0 Å². The van der Waals surface area contributed by atoms with Crippen molar-refractivity contribution in [2.24, 2.45) is 0 Å². The van der Waals surface area contributed by atoms with E-state index in [1.165, 1.54) is 35.6 Å². The van der Waals surface area contributed by atoms with Crippen molar-refractivity contribution in [3.05, 3.63) is 70.8 Å². The third-order valence-corrected chi connectivity index (χ3v) is 4.69. The van der Waals surface area contributed by atoms with Crippen molar-refractivity contribution >= 4 is 35.0 Å². The first-order chi connectivity index (χ1) is 13.4. The molecule has 0 unspecified atom stereocenters. The predicted molar refractivity (Wildman–Crippen MR) is 106 cm³/mol. The average molecular weight is 399 g/mol. The van der Waals surface area contributed by atoms with Gasteiger partial charge in [-0.2, -0.15) is 0 Å². The number of carbonyl (C=O) groups excluding carboxylic acids is 2. The Morgan fingerprint density at radius 3 is 2.86 bits per heavy atom. The van der Waals surface area contributed by atoms with Crippen LogP contribution in [0.2, 0.25) is 0 Å². The van der Waals surface area contributed by atoms with Crippen molar-refractivity contribution in [3.63, 3.8) is 0 Å². The fourth-order valence-corrected chi connectivity index (χ4v) is 3.43. The monoisotopic (exact) mass is 399 g/mol. The van der Waals surface area contributed by atoms with Crippen molar-refractivity contribution in [1.82, 2.24) is 9.55 Å². The largest absolute Gasteiger partial charge is 0.452 e. The summed E-state index contributed by atoms with van der Waals surface area (Å²) in [5, 5.41) is 5.21. The topological polar surface area (TPSA) is 73.2 Å². The van der Waals surface area contributed by atoms with E-state index >= 15 is 0 Å². The molecule has 0 saturated carbocycles. The van der Waals surface area contributed by atoms with E-state index in [4.69, 9.17) is 4.74 Å². The molecule has 1 N–H and O–H groups in total. The number of ether oxygens (including phenoxy) is 1. The van der Waals surface area contributed by atoms with Crippen LogP contribution in [-0.2, 0) is 14.3 Å². The van der Waals surface area contributed by atoms with Gasteiger partial charge in [0.15, 0.2) is 11.7 Å². The number of carbonyl (C=O) groups is 2. The molecule has 1 amide bonds. The van der Waals surface area contributed by atoms with Crippen molar-refractivity contribution in [2.45, 2.75) is 13.8 Å². The third kappa shape index (κ3) is 4.72. The number of hydrogen-bond acceptors (Lipinski definition) is 5. The number of nitrogens with one attached hydrogen (secondary N) is 1. The summed E-state index contributed by atoms with van der Waals surface area (Å²) < 4.78 is 20.0. The lowest BCUT2D eigenvalue weighted by molar-refractivity contribution is -0.142. The number of thiazole rings is 1. The van der Waals surface area contributed by atoms with Crippen molar-refractivity contribution in [2.75, 3.05) is 11.9 Å². The normalized spacial score (nSPS) is 11.0. The summed E-state index contributed by atoms with van der Waals surface area (Å²) >= 11 is 1.52. The zero-order valence-corrected chi connectivity index (χ0v) is 16.1. The SMILES string of the molecule is Cc1cc(/C=C/C(=O)OCC(=O)Nc2cccc(F)c2)c(C)n1-c1nccs1. The number of aromatic nitrogens is 2. The molecule has 0 radical (unpaired) electrons. The van der Waals surface area contributed by atoms with Crippen LogP contribution in [-0.4, -0.2) is 28.0 Å². The van der Waals surface area contributed by atoms with Gasteiger partial charge in [0.05, 0.1) is 0 Å². The van der Waals surface area contributed by atoms with Crippen LogP contribution in [0.5, 0.6) is 0 Å². The lowest BCUT2D eigenvalue weighted by Gasteiger charge is -2.05. The average Bonchev–Trinajstić information content (AvgIpc) is 3.26. The van der Waals surface area contributed by atoms with Crippen LogP contribution >= 0.6 is 11.3 Å². The van der Waals surface area contributed by atoms with Crippen molar-refractivity contribution < 1.29 is 18.7 Å². The number of esters is 1. The molecule has 2 aromatic heterocycles. The number of amides is 1. The summed E-state index contributed by atoms with van der Waals surface area (Å²) in [6, 6.07) is 7.41. The maximum atomic E-state index is 13.1. The van der Waals surface area contributed by atoms with Crippen LogP contribution in [0, 0.1) is 19.7 Å². The second-order valence-electron chi connectivity index (χ2n) is 5.98. The molecule has 0 atom stereocenters. The molecule has 0 aliphatic heterocycles. The summed E-state index contributed by atoms with van der Waals surface area (Å²) in [7, 11) is 0. The van der Waals surface area contributed by atoms with Gasteiger partial charge in [-0.05, 0) is 49.8 Å². The minimum Gasteiger partial charge on any atom is -0.452 e. The van der Waals surface area contributed by atoms with Gasteiger partial charge in [0, 0.05) is 34.7 Å². The number of anilines is 1.